The van der Waals surface area contributed by atoms with Crippen LogP contribution in [0.5, 0.6) is 11.5 Å². The van der Waals surface area contributed by atoms with E-state index in [1.54, 1.807) is 21.3 Å². The first-order valence-corrected chi connectivity index (χ1v) is 12.4. The molecule has 0 unspecified atom stereocenters. The van der Waals surface area contributed by atoms with Gasteiger partial charge in [-0.15, -0.1) is 10.2 Å². The zero-order chi connectivity index (χ0) is 23.6. The summed E-state index contributed by atoms with van der Waals surface area (Å²) in [5, 5.41) is 9.58. The summed E-state index contributed by atoms with van der Waals surface area (Å²) in [6.45, 7) is 4.02. The standard InChI is InChI=1S/C24H34N4O4S/c1-5-27(19-10-7-6-8-11-19)22(29)17-33-24-26-25-23(28(24)14-9-15-30-2)18-12-13-20(31-3)21(16-18)32-4/h10,12-13,16H,5-9,11,14-15,17H2,1-4H3. The molecule has 0 spiro atoms. The van der Waals surface area contributed by atoms with Crippen molar-refractivity contribution in [3.05, 3.63) is 30.0 Å². The van der Waals surface area contributed by atoms with E-state index in [0.717, 1.165) is 47.9 Å². The second-order valence-electron chi connectivity index (χ2n) is 7.74. The minimum Gasteiger partial charge on any atom is -0.493 e. The van der Waals surface area contributed by atoms with Gasteiger partial charge in [-0.2, -0.15) is 0 Å². The van der Waals surface area contributed by atoms with Gasteiger partial charge < -0.3 is 23.7 Å². The molecule has 0 saturated heterocycles. The monoisotopic (exact) mass is 474 g/mol. The van der Waals surface area contributed by atoms with Crippen molar-refractivity contribution in [2.24, 2.45) is 0 Å². The molecule has 8 nitrogen and oxygen atoms in total. The van der Waals surface area contributed by atoms with Gasteiger partial charge in [0, 0.05) is 38.1 Å². The van der Waals surface area contributed by atoms with E-state index in [-0.39, 0.29) is 5.91 Å². The first-order chi connectivity index (χ1) is 16.1. The SMILES string of the molecule is CCN(C(=O)CSc1nnc(-c2ccc(OC)c(OC)c2)n1CCCOC)C1=CCCCC1. The maximum absolute atomic E-state index is 13.0. The average molecular weight is 475 g/mol. The molecule has 0 N–H and O–H groups in total. The molecule has 0 aliphatic heterocycles. The zero-order valence-corrected chi connectivity index (χ0v) is 20.8. The van der Waals surface area contributed by atoms with Gasteiger partial charge in [0.25, 0.3) is 0 Å². The van der Waals surface area contributed by atoms with Gasteiger partial charge in [0.2, 0.25) is 5.91 Å². The summed E-state index contributed by atoms with van der Waals surface area (Å²) >= 11 is 1.43. The molecule has 33 heavy (non-hydrogen) atoms. The topological polar surface area (TPSA) is 78.7 Å². The average Bonchev–Trinajstić information content (AvgIpc) is 3.26. The fourth-order valence-corrected chi connectivity index (χ4v) is 4.80. The number of carbonyl (C=O) groups is 1. The number of nitrogens with zero attached hydrogens (tertiary/aromatic N) is 4. The van der Waals surface area contributed by atoms with Crippen LogP contribution in [0.1, 0.15) is 39.0 Å². The number of rotatable bonds is 12. The zero-order valence-electron chi connectivity index (χ0n) is 20.0. The summed E-state index contributed by atoms with van der Waals surface area (Å²) in [6.07, 6.45) is 7.39. The lowest BCUT2D eigenvalue weighted by Crippen LogP contribution is -2.32. The van der Waals surface area contributed by atoms with Crippen LogP contribution in [0.15, 0.2) is 35.1 Å². The first-order valence-electron chi connectivity index (χ1n) is 11.4. The number of carbonyl (C=O) groups excluding carboxylic acids is 1. The Kier molecular flexibility index (Phi) is 9.62. The Morgan fingerprint density at radius 2 is 1.97 bits per heavy atom. The molecule has 3 rings (SSSR count). The fourth-order valence-electron chi connectivity index (χ4n) is 3.96. The van der Waals surface area contributed by atoms with Gasteiger partial charge in [0.1, 0.15) is 0 Å². The third kappa shape index (κ3) is 6.29. The number of hydrogen-bond acceptors (Lipinski definition) is 7. The van der Waals surface area contributed by atoms with E-state index in [1.165, 1.54) is 18.2 Å². The van der Waals surface area contributed by atoms with Crippen LogP contribution in [0.3, 0.4) is 0 Å². The number of benzene rings is 1. The van der Waals surface area contributed by atoms with Crippen molar-refractivity contribution in [1.82, 2.24) is 19.7 Å². The Morgan fingerprint density at radius 1 is 1.15 bits per heavy atom. The molecule has 0 radical (unpaired) electrons. The van der Waals surface area contributed by atoms with Gasteiger partial charge in [-0.3, -0.25) is 4.79 Å². The molecule has 0 atom stereocenters. The summed E-state index contributed by atoms with van der Waals surface area (Å²) in [5.74, 6) is 2.44. The van der Waals surface area contributed by atoms with Crippen molar-refractivity contribution in [3.8, 4) is 22.9 Å². The number of ether oxygens (including phenoxy) is 3. The highest BCUT2D eigenvalue weighted by Crippen LogP contribution is 2.33. The van der Waals surface area contributed by atoms with E-state index in [9.17, 15) is 4.79 Å². The number of methoxy groups -OCH3 is 3. The van der Waals surface area contributed by atoms with Crippen LogP contribution in [0.25, 0.3) is 11.4 Å². The lowest BCUT2D eigenvalue weighted by atomic mass is 10.0. The second kappa shape index (κ2) is 12.6. The molecule has 0 fully saturated rings. The first kappa shape index (κ1) is 25.1. The van der Waals surface area contributed by atoms with Crippen LogP contribution in [0.2, 0.25) is 0 Å². The highest BCUT2D eigenvalue weighted by atomic mass is 32.2. The maximum Gasteiger partial charge on any atom is 0.237 e. The third-order valence-electron chi connectivity index (χ3n) is 5.64. The number of thioether (sulfide) groups is 1. The van der Waals surface area contributed by atoms with E-state index in [0.29, 0.717) is 36.9 Å². The van der Waals surface area contributed by atoms with Crippen molar-refractivity contribution in [2.45, 2.75) is 50.7 Å². The van der Waals surface area contributed by atoms with E-state index in [2.05, 4.69) is 16.3 Å². The Labute approximate surface area is 200 Å². The van der Waals surface area contributed by atoms with Gasteiger partial charge >= 0.3 is 0 Å². The number of amides is 1. The highest BCUT2D eigenvalue weighted by Gasteiger charge is 2.21. The molecule has 1 heterocycles. The van der Waals surface area contributed by atoms with Crippen molar-refractivity contribution >= 4 is 17.7 Å². The van der Waals surface area contributed by atoms with Crippen molar-refractivity contribution in [3.63, 3.8) is 0 Å². The lowest BCUT2D eigenvalue weighted by Gasteiger charge is -2.26. The lowest BCUT2D eigenvalue weighted by molar-refractivity contribution is -0.126. The highest BCUT2D eigenvalue weighted by molar-refractivity contribution is 7.99. The quantitative estimate of drug-likeness (QED) is 0.333. The van der Waals surface area contributed by atoms with Crippen molar-refractivity contribution in [2.75, 3.05) is 40.2 Å². The molecular formula is C24H34N4O4S. The Balaban J connectivity index is 1.81. The summed E-state index contributed by atoms with van der Waals surface area (Å²) in [7, 11) is 4.91. The molecule has 0 saturated carbocycles. The third-order valence-corrected chi connectivity index (χ3v) is 6.60. The minimum atomic E-state index is 0.106. The Morgan fingerprint density at radius 3 is 2.64 bits per heavy atom. The number of allylic oxidation sites excluding steroid dienone is 2. The van der Waals surface area contributed by atoms with Gasteiger partial charge in [-0.1, -0.05) is 17.8 Å². The van der Waals surface area contributed by atoms with Gasteiger partial charge in [0.05, 0.1) is 20.0 Å². The Bertz CT molecular complexity index is 960. The molecule has 9 heteroatoms. The van der Waals surface area contributed by atoms with Gasteiger partial charge in [-0.05, 0) is 57.2 Å². The molecular weight excluding hydrogens is 440 g/mol. The molecule has 0 bridgehead atoms. The number of aromatic nitrogens is 3. The van der Waals surface area contributed by atoms with Gasteiger partial charge in [-0.25, -0.2) is 0 Å². The van der Waals surface area contributed by atoms with Crippen molar-refractivity contribution < 1.29 is 19.0 Å². The molecule has 2 aromatic rings. The molecule has 1 aliphatic carbocycles. The molecule has 1 aromatic heterocycles. The molecule has 1 aliphatic rings. The summed E-state index contributed by atoms with van der Waals surface area (Å²) in [6, 6.07) is 5.69. The van der Waals surface area contributed by atoms with E-state index < -0.39 is 0 Å². The molecule has 1 amide bonds. The van der Waals surface area contributed by atoms with Gasteiger partial charge in [0.15, 0.2) is 22.5 Å². The smallest absolute Gasteiger partial charge is 0.237 e. The maximum atomic E-state index is 13.0. The van der Waals surface area contributed by atoms with Crippen molar-refractivity contribution in [1.29, 1.82) is 0 Å². The predicted molar refractivity (Wildman–Crippen MR) is 130 cm³/mol. The predicted octanol–water partition coefficient (Wildman–Crippen LogP) is 4.40. The molecule has 1 aromatic carbocycles. The summed E-state index contributed by atoms with van der Waals surface area (Å²) in [4.78, 5) is 14.9. The summed E-state index contributed by atoms with van der Waals surface area (Å²) < 4.78 is 18.1. The van der Waals surface area contributed by atoms with Crippen LogP contribution < -0.4 is 9.47 Å². The fraction of sp³-hybridized carbons (Fsp3) is 0.542. The van der Waals surface area contributed by atoms with Crippen LogP contribution in [-0.2, 0) is 16.1 Å². The number of hydrogen-bond donors (Lipinski definition) is 0. The van der Waals surface area contributed by atoms with Crippen LogP contribution >= 0.6 is 11.8 Å². The van der Waals surface area contributed by atoms with E-state index >= 15 is 0 Å². The Hall–Kier alpha value is -2.52. The normalized spacial score (nSPS) is 13.5. The van der Waals surface area contributed by atoms with Crippen LogP contribution in [-0.4, -0.2) is 65.8 Å². The summed E-state index contributed by atoms with van der Waals surface area (Å²) in [5.41, 5.74) is 2.03. The molecule has 180 valence electrons. The minimum absolute atomic E-state index is 0.106. The largest absolute Gasteiger partial charge is 0.493 e. The van der Waals surface area contributed by atoms with Crippen LogP contribution in [0, 0.1) is 0 Å². The van der Waals surface area contributed by atoms with E-state index in [1.807, 2.05) is 34.6 Å². The second-order valence-corrected chi connectivity index (χ2v) is 8.68. The van der Waals surface area contributed by atoms with Crippen LogP contribution in [0.4, 0.5) is 0 Å². The van der Waals surface area contributed by atoms with E-state index in [4.69, 9.17) is 14.2 Å².